The van der Waals surface area contributed by atoms with Crippen molar-refractivity contribution in [3.05, 3.63) is 21.3 Å². The van der Waals surface area contributed by atoms with Crippen molar-refractivity contribution in [1.82, 2.24) is 14.6 Å². The zero-order chi connectivity index (χ0) is 21.7. The highest BCUT2D eigenvalue weighted by molar-refractivity contribution is 14.1. The average molecular weight is 538 g/mol. The molecule has 2 atom stereocenters. The fraction of sp³-hybridized carbons (Fsp3) is 0.632. The van der Waals surface area contributed by atoms with Gasteiger partial charge in [0.2, 0.25) is 5.95 Å². The van der Waals surface area contributed by atoms with Gasteiger partial charge in [-0.15, -0.1) is 5.10 Å². The first-order valence-corrected chi connectivity index (χ1v) is 10.8. The van der Waals surface area contributed by atoms with Crippen molar-refractivity contribution in [2.24, 2.45) is 0 Å². The number of aromatic nitrogens is 3. The van der Waals surface area contributed by atoms with Crippen LogP contribution in [0.3, 0.4) is 0 Å². The topological polar surface area (TPSA) is 77.8 Å². The normalized spacial score (nSPS) is 23.8. The molecule has 11 heteroatoms. The zero-order valence-electron chi connectivity index (χ0n) is 16.6. The van der Waals surface area contributed by atoms with Gasteiger partial charge in [0.25, 0.3) is 5.92 Å². The number of ether oxygens (including phenoxy) is 2. The minimum absolute atomic E-state index is 0.0546. The molecule has 0 radical (unpaired) electrons. The van der Waals surface area contributed by atoms with E-state index in [9.17, 15) is 18.0 Å². The first kappa shape index (κ1) is 21.6. The molecule has 1 saturated heterocycles. The van der Waals surface area contributed by atoms with Crippen LogP contribution in [0.15, 0.2) is 6.20 Å². The molecule has 0 amide bonds. The van der Waals surface area contributed by atoms with Crippen molar-refractivity contribution >= 4 is 40.0 Å². The second-order valence-corrected chi connectivity index (χ2v) is 9.02. The number of nitrogens with zero attached hydrogens (tertiary/aromatic N) is 3. The van der Waals surface area contributed by atoms with E-state index in [1.807, 2.05) is 0 Å². The monoisotopic (exact) mass is 538 g/mol. The van der Waals surface area contributed by atoms with Gasteiger partial charge in [0.05, 0.1) is 33.5 Å². The Labute approximate surface area is 184 Å². The molecule has 2 aromatic heterocycles. The Morgan fingerprint density at radius 2 is 2.20 bits per heavy atom. The second kappa shape index (κ2) is 7.81. The molecule has 0 unspecified atom stereocenters. The van der Waals surface area contributed by atoms with E-state index in [2.05, 4.69) is 15.4 Å². The van der Waals surface area contributed by atoms with Crippen LogP contribution < -0.4 is 5.32 Å². The highest BCUT2D eigenvalue weighted by Gasteiger charge is 2.58. The molecule has 164 valence electrons. The molecule has 1 saturated carbocycles. The Morgan fingerprint density at radius 3 is 2.80 bits per heavy atom. The number of anilines is 1. The molecule has 2 fully saturated rings. The number of esters is 1. The average Bonchev–Trinajstić information content (AvgIpc) is 2.86. The highest BCUT2D eigenvalue weighted by atomic mass is 127. The van der Waals surface area contributed by atoms with Gasteiger partial charge in [-0.05, 0) is 41.9 Å². The minimum atomic E-state index is -3.02. The van der Waals surface area contributed by atoms with Crippen molar-refractivity contribution in [3.8, 4) is 0 Å². The van der Waals surface area contributed by atoms with Gasteiger partial charge < -0.3 is 14.8 Å². The fourth-order valence-electron chi connectivity index (χ4n) is 4.25. The molecule has 7 nitrogen and oxygen atoms in total. The van der Waals surface area contributed by atoms with Gasteiger partial charge in [-0.2, -0.15) is 0 Å². The number of nitrogens with one attached hydrogen (secondary N) is 1. The number of rotatable bonds is 5. The van der Waals surface area contributed by atoms with E-state index in [-0.39, 0.29) is 46.2 Å². The standard InChI is InChI=1S/C19H22F3IN4O3/c1-10(28)30-13-9-29-7-4-11(13)25-17-24-8-12-14(20)15(23)16(27(12)26-17)19(5-3-6-19)18(2,21)22/h8,11,13H,3-7,9H2,1-2H3,(H,25,26)/t11-,13-/m1/s1. The lowest BCUT2D eigenvalue weighted by atomic mass is 9.63. The Kier molecular flexibility index (Phi) is 5.62. The number of hydrogen-bond donors (Lipinski definition) is 1. The van der Waals surface area contributed by atoms with Gasteiger partial charge in [-0.3, -0.25) is 4.79 Å². The van der Waals surface area contributed by atoms with Crippen LogP contribution in [0.2, 0.25) is 0 Å². The van der Waals surface area contributed by atoms with Crippen molar-refractivity contribution in [2.45, 2.75) is 63.0 Å². The number of alkyl halides is 2. The Hall–Kier alpha value is -1.63. The summed E-state index contributed by atoms with van der Waals surface area (Å²) in [6.07, 6.45) is 2.47. The summed E-state index contributed by atoms with van der Waals surface area (Å²) in [6.45, 7) is 2.88. The van der Waals surface area contributed by atoms with Crippen molar-refractivity contribution in [2.75, 3.05) is 18.5 Å². The lowest BCUT2D eigenvalue weighted by molar-refractivity contribution is -0.153. The first-order chi connectivity index (χ1) is 14.1. The second-order valence-electron chi connectivity index (χ2n) is 7.94. The molecule has 2 aromatic rings. The Morgan fingerprint density at radius 1 is 1.47 bits per heavy atom. The molecule has 4 rings (SSSR count). The van der Waals surface area contributed by atoms with Crippen LogP contribution in [-0.2, 0) is 19.7 Å². The molecule has 30 heavy (non-hydrogen) atoms. The van der Waals surface area contributed by atoms with Gasteiger partial charge in [-0.25, -0.2) is 22.7 Å². The van der Waals surface area contributed by atoms with Crippen LogP contribution in [0.25, 0.3) is 5.52 Å². The van der Waals surface area contributed by atoms with Gasteiger partial charge in [0, 0.05) is 20.5 Å². The predicted molar refractivity (Wildman–Crippen MR) is 110 cm³/mol. The summed E-state index contributed by atoms with van der Waals surface area (Å²) in [7, 11) is 0. The molecular weight excluding hydrogens is 516 g/mol. The van der Waals surface area contributed by atoms with Crippen LogP contribution in [0, 0.1) is 9.39 Å². The number of fused-ring (bicyclic) bond motifs is 1. The molecule has 1 aliphatic carbocycles. The van der Waals surface area contributed by atoms with Crippen molar-refractivity contribution in [3.63, 3.8) is 0 Å². The van der Waals surface area contributed by atoms with E-state index in [1.54, 1.807) is 22.6 Å². The third-order valence-electron chi connectivity index (χ3n) is 6.01. The largest absolute Gasteiger partial charge is 0.458 e. The number of halogens is 4. The zero-order valence-corrected chi connectivity index (χ0v) is 18.7. The van der Waals surface area contributed by atoms with E-state index in [0.29, 0.717) is 19.4 Å². The van der Waals surface area contributed by atoms with Gasteiger partial charge in [0.1, 0.15) is 11.6 Å². The maximum absolute atomic E-state index is 14.8. The molecule has 1 N–H and O–H groups in total. The summed E-state index contributed by atoms with van der Waals surface area (Å²) < 4.78 is 56.1. The number of carbonyl (C=O) groups excluding carboxylic acids is 1. The van der Waals surface area contributed by atoms with Crippen molar-refractivity contribution in [1.29, 1.82) is 0 Å². The maximum atomic E-state index is 14.8. The number of carbonyl (C=O) groups is 1. The van der Waals surface area contributed by atoms with Crippen LogP contribution in [0.5, 0.6) is 0 Å². The van der Waals surface area contributed by atoms with E-state index in [4.69, 9.17) is 9.47 Å². The predicted octanol–water partition coefficient (Wildman–Crippen LogP) is 3.68. The third kappa shape index (κ3) is 3.53. The van der Waals surface area contributed by atoms with Crippen molar-refractivity contribution < 1.29 is 27.4 Å². The molecule has 2 aliphatic rings. The van der Waals surface area contributed by atoms with Crippen LogP contribution in [-0.4, -0.2) is 51.8 Å². The molecule has 0 bridgehead atoms. The van der Waals surface area contributed by atoms with Gasteiger partial charge >= 0.3 is 5.97 Å². The Bertz CT molecular complexity index is 974. The number of hydrogen-bond acceptors (Lipinski definition) is 6. The lowest BCUT2D eigenvalue weighted by Crippen LogP contribution is -2.50. The summed E-state index contributed by atoms with van der Waals surface area (Å²) in [5, 5.41) is 7.46. The SMILES string of the molecule is CC(=O)O[C@@H]1COCC[C@H]1Nc1ncc2c(F)c(I)c(C3(C(C)(F)F)CCC3)n2n1. The first-order valence-electron chi connectivity index (χ1n) is 9.76. The fourth-order valence-corrected chi connectivity index (χ4v) is 5.27. The van der Waals surface area contributed by atoms with E-state index in [1.165, 1.54) is 17.6 Å². The molecule has 0 spiro atoms. The van der Waals surface area contributed by atoms with E-state index >= 15 is 0 Å². The van der Waals surface area contributed by atoms with E-state index in [0.717, 1.165) is 6.92 Å². The third-order valence-corrected chi connectivity index (χ3v) is 6.99. The highest BCUT2D eigenvalue weighted by Crippen LogP contribution is 2.55. The van der Waals surface area contributed by atoms with Gasteiger partial charge in [-0.1, -0.05) is 6.42 Å². The smallest absolute Gasteiger partial charge is 0.303 e. The summed E-state index contributed by atoms with van der Waals surface area (Å²) >= 11 is 1.77. The van der Waals surface area contributed by atoms with Crippen LogP contribution in [0.1, 0.15) is 45.2 Å². The molecular formula is C19H22F3IN4O3. The summed E-state index contributed by atoms with van der Waals surface area (Å²) in [4.78, 5) is 15.5. The Balaban J connectivity index is 1.73. The van der Waals surface area contributed by atoms with E-state index < -0.39 is 29.2 Å². The molecule has 1 aliphatic heterocycles. The summed E-state index contributed by atoms with van der Waals surface area (Å²) in [5.74, 6) is -3.91. The van der Waals surface area contributed by atoms with Crippen LogP contribution >= 0.6 is 22.6 Å². The maximum Gasteiger partial charge on any atom is 0.303 e. The summed E-state index contributed by atoms with van der Waals surface area (Å²) in [6, 6.07) is -0.312. The van der Waals surface area contributed by atoms with Gasteiger partial charge in [0.15, 0.2) is 5.82 Å². The quantitative estimate of drug-likeness (QED) is 0.463. The molecule has 3 heterocycles. The lowest BCUT2D eigenvalue weighted by Gasteiger charge is -2.45. The summed E-state index contributed by atoms with van der Waals surface area (Å²) in [5.41, 5.74) is -1.22. The molecule has 0 aromatic carbocycles. The minimum Gasteiger partial charge on any atom is -0.458 e. The van der Waals surface area contributed by atoms with Crippen LogP contribution in [0.4, 0.5) is 19.1 Å².